The van der Waals surface area contributed by atoms with Gasteiger partial charge in [-0.2, -0.15) is 0 Å². The van der Waals surface area contributed by atoms with E-state index in [-0.39, 0.29) is 24.7 Å². The van der Waals surface area contributed by atoms with Crippen molar-refractivity contribution in [1.82, 2.24) is 16.0 Å². The van der Waals surface area contributed by atoms with Crippen molar-refractivity contribution in [1.29, 1.82) is 0 Å². The second-order valence-electron chi connectivity index (χ2n) is 8.18. The van der Waals surface area contributed by atoms with Crippen molar-refractivity contribution in [2.24, 2.45) is 17.6 Å². The average molecular weight is 461 g/mol. The van der Waals surface area contributed by atoms with Gasteiger partial charge >= 0.3 is 11.9 Å². The SMILES string of the molecule is CCC(C)C(NC(=O)C(CC(C)C)NC(=O)C(N)CO)C(=O)NC(CCC(=O)O)C(=O)O. The number of carbonyl (C=O) groups excluding carboxylic acids is 3. The lowest BCUT2D eigenvalue weighted by molar-refractivity contribution is -0.143. The van der Waals surface area contributed by atoms with Crippen molar-refractivity contribution in [2.75, 3.05) is 6.61 Å². The zero-order valence-electron chi connectivity index (χ0n) is 19.0. The molecule has 12 heteroatoms. The molecule has 0 heterocycles. The highest BCUT2D eigenvalue weighted by Gasteiger charge is 2.33. The lowest BCUT2D eigenvalue weighted by atomic mass is 9.96. The van der Waals surface area contributed by atoms with E-state index < -0.39 is 66.9 Å². The van der Waals surface area contributed by atoms with Crippen LogP contribution < -0.4 is 21.7 Å². The van der Waals surface area contributed by atoms with Crippen molar-refractivity contribution in [3.05, 3.63) is 0 Å². The van der Waals surface area contributed by atoms with E-state index in [2.05, 4.69) is 16.0 Å². The van der Waals surface area contributed by atoms with Crippen LogP contribution in [0.1, 0.15) is 53.4 Å². The maximum Gasteiger partial charge on any atom is 0.326 e. The number of rotatable bonds is 15. The van der Waals surface area contributed by atoms with Gasteiger partial charge in [0.05, 0.1) is 6.61 Å². The molecule has 0 aromatic carbocycles. The Kier molecular flexibility index (Phi) is 13.1. The maximum atomic E-state index is 12.9. The number of aliphatic carboxylic acids is 2. The molecule has 0 saturated heterocycles. The van der Waals surface area contributed by atoms with E-state index in [4.69, 9.17) is 15.9 Å². The summed E-state index contributed by atoms with van der Waals surface area (Å²) in [6, 6.07) is -4.79. The first-order chi connectivity index (χ1) is 14.8. The number of carboxylic acids is 2. The van der Waals surface area contributed by atoms with Gasteiger partial charge in [0.2, 0.25) is 17.7 Å². The summed E-state index contributed by atoms with van der Waals surface area (Å²) in [6.07, 6.45) is -0.0589. The van der Waals surface area contributed by atoms with E-state index >= 15 is 0 Å². The van der Waals surface area contributed by atoms with E-state index in [1.54, 1.807) is 13.8 Å². The summed E-state index contributed by atoms with van der Waals surface area (Å²) in [5.41, 5.74) is 5.49. The van der Waals surface area contributed by atoms with Crippen molar-refractivity contribution in [3.63, 3.8) is 0 Å². The molecule has 0 rings (SSSR count). The molecule has 12 nitrogen and oxygen atoms in total. The normalized spacial score (nSPS) is 15.7. The smallest absolute Gasteiger partial charge is 0.326 e. The predicted molar refractivity (Wildman–Crippen MR) is 114 cm³/mol. The fourth-order valence-electron chi connectivity index (χ4n) is 2.81. The molecule has 0 aromatic heterocycles. The summed E-state index contributed by atoms with van der Waals surface area (Å²) in [5, 5.41) is 34.4. The lowest BCUT2D eigenvalue weighted by Gasteiger charge is -2.28. The van der Waals surface area contributed by atoms with Crippen LogP contribution in [0.2, 0.25) is 0 Å². The molecule has 3 amide bonds. The van der Waals surface area contributed by atoms with E-state index in [9.17, 15) is 29.1 Å². The standard InChI is InChI=1S/C20H36N4O8/c1-5-11(4)16(19(30)22-13(20(31)32)6-7-15(26)27)24-18(29)14(8-10(2)3)23-17(28)12(21)9-25/h10-14,16,25H,5-9,21H2,1-4H3,(H,22,30)(H,23,28)(H,24,29)(H,26,27)(H,31,32). The van der Waals surface area contributed by atoms with Crippen LogP contribution >= 0.6 is 0 Å². The predicted octanol–water partition coefficient (Wildman–Crippen LogP) is -1.20. The van der Waals surface area contributed by atoms with Crippen LogP contribution in [0.3, 0.4) is 0 Å². The fourth-order valence-corrected chi connectivity index (χ4v) is 2.81. The Morgan fingerprint density at radius 1 is 0.875 bits per heavy atom. The van der Waals surface area contributed by atoms with Gasteiger partial charge in [-0.05, 0) is 24.7 Å². The topological polar surface area (TPSA) is 208 Å². The van der Waals surface area contributed by atoms with Crippen LogP contribution in [0.4, 0.5) is 0 Å². The minimum atomic E-state index is -1.43. The highest BCUT2D eigenvalue weighted by Crippen LogP contribution is 2.12. The van der Waals surface area contributed by atoms with E-state index in [1.807, 2.05) is 13.8 Å². The number of amides is 3. The number of carbonyl (C=O) groups is 5. The Morgan fingerprint density at radius 2 is 1.44 bits per heavy atom. The minimum Gasteiger partial charge on any atom is -0.481 e. The summed E-state index contributed by atoms with van der Waals surface area (Å²) in [4.78, 5) is 59.9. The number of hydrogen-bond donors (Lipinski definition) is 7. The average Bonchev–Trinajstić information content (AvgIpc) is 2.71. The van der Waals surface area contributed by atoms with Crippen molar-refractivity contribution < 1.29 is 39.3 Å². The third kappa shape index (κ3) is 10.5. The van der Waals surface area contributed by atoms with Crippen molar-refractivity contribution >= 4 is 29.7 Å². The maximum absolute atomic E-state index is 12.9. The van der Waals surface area contributed by atoms with Crippen LogP contribution in [-0.2, 0) is 24.0 Å². The number of hydrogen-bond acceptors (Lipinski definition) is 7. The summed E-state index contributed by atoms with van der Waals surface area (Å²) in [6.45, 7) is 6.53. The monoisotopic (exact) mass is 460 g/mol. The Morgan fingerprint density at radius 3 is 1.88 bits per heavy atom. The molecule has 0 saturated carbocycles. The number of nitrogens with two attached hydrogens (primary N) is 1. The van der Waals surface area contributed by atoms with Crippen LogP contribution in [-0.4, -0.2) is 75.8 Å². The third-order valence-electron chi connectivity index (χ3n) is 4.93. The molecule has 0 fully saturated rings. The number of nitrogens with one attached hydrogen (secondary N) is 3. The van der Waals surface area contributed by atoms with Gasteiger partial charge in [0.15, 0.2) is 0 Å². The van der Waals surface area contributed by atoms with E-state index in [1.165, 1.54) is 0 Å². The molecule has 0 aliphatic rings. The van der Waals surface area contributed by atoms with Gasteiger partial charge in [-0.3, -0.25) is 19.2 Å². The van der Waals surface area contributed by atoms with E-state index in [0.717, 1.165) is 0 Å². The molecule has 0 spiro atoms. The fraction of sp³-hybridized carbons (Fsp3) is 0.750. The van der Waals surface area contributed by atoms with Gasteiger partial charge in [0.1, 0.15) is 24.2 Å². The number of carboxylic acid groups (broad SMARTS) is 2. The summed E-state index contributed by atoms with van der Waals surface area (Å²) in [5.74, 6) is -5.13. The second kappa shape index (κ2) is 14.4. The zero-order chi connectivity index (χ0) is 25.0. The highest BCUT2D eigenvalue weighted by atomic mass is 16.4. The van der Waals surface area contributed by atoms with Gasteiger partial charge in [-0.1, -0.05) is 34.1 Å². The first-order valence-electron chi connectivity index (χ1n) is 10.6. The van der Waals surface area contributed by atoms with Gasteiger partial charge in [0, 0.05) is 6.42 Å². The molecule has 5 atom stereocenters. The quantitative estimate of drug-likeness (QED) is 0.156. The van der Waals surface area contributed by atoms with Gasteiger partial charge < -0.3 is 37.0 Å². The summed E-state index contributed by atoms with van der Waals surface area (Å²) >= 11 is 0. The Bertz CT molecular complexity index is 670. The molecular weight excluding hydrogens is 424 g/mol. The van der Waals surface area contributed by atoms with Gasteiger partial charge in [0.25, 0.3) is 0 Å². The van der Waals surface area contributed by atoms with Gasteiger partial charge in [-0.25, -0.2) is 4.79 Å². The van der Waals surface area contributed by atoms with Crippen LogP contribution in [0.15, 0.2) is 0 Å². The largest absolute Gasteiger partial charge is 0.481 e. The molecule has 0 radical (unpaired) electrons. The third-order valence-corrected chi connectivity index (χ3v) is 4.93. The van der Waals surface area contributed by atoms with E-state index in [0.29, 0.717) is 6.42 Å². The molecule has 184 valence electrons. The molecule has 0 aliphatic carbocycles. The first-order valence-corrected chi connectivity index (χ1v) is 10.6. The van der Waals surface area contributed by atoms with Crippen LogP contribution in [0.25, 0.3) is 0 Å². The highest BCUT2D eigenvalue weighted by molar-refractivity contribution is 5.94. The minimum absolute atomic E-state index is 0.000291. The lowest BCUT2D eigenvalue weighted by Crippen LogP contribution is -2.59. The number of aliphatic hydroxyl groups is 1. The first kappa shape index (κ1) is 29.3. The number of aliphatic hydroxyl groups excluding tert-OH is 1. The Hall–Kier alpha value is -2.73. The molecule has 0 aromatic rings. The molecule has 5 unspecified atom stereocenters. The van der Waals surface area contributed by atoms with Crippen molar-refractivity contribution in [3.8, 4) is 0 Å². The second-order valence-corrected chi connectivity index (χ2v) is 8.18. The molecule has 0 bridgehead atoms. The molecule has 0 aliphatic heterocycles. The van der Waals surface area contributed by atoms with Crippen molar-refractivity contribution in [2.45, 2.75) is 77.5 Å². The Labute approximate surface area is 187 Å². The zero-order valence-corrected chi connectivity index (χ0v) is 19.0. The Balaban J connectivity index is 5.52. The van der Waals surface area contributed by atoms with Gasteiger partial charge in [-0.15, -0.1) is 0 Å². The van der Waals surface area contributed by atoms with Crippen LogP contribution in [0, 0.1) is 11.8 Å². The van der Waals surface area contributed by atoms with Crippen LogP contribution in [0.5, 0.6) is 0 Å². The molecular formula is C20H36N4O8. The molecule has 32 heavy (non-hydrogen) atoms. The summed E-state index contributed by atoms with van der Waals surface area (Å²) in [7, 11) is 0. The molecule has 8 N–H and O–H groups in total. The summed E-state index contributed by atoms with van der Waals surface area (Å²) < 4.78 is 0.